The second-order valence-corrected chi connectivity index (χ2v) is 6.26. The Balaban J connectivity index is 2.53. The summed E-state index contributed by atoms with van der Waals surface area (Å²) in [7, 11) is 1.56. The molecule has 124 valence electrons. The van der Waals surface area contributed by atoms with E-state index in [9.17, 15) is 4.79 Å². The maximum atomic E-state index is 12.5. The third kappa shape index (κ3) is 3.95. The number of nitrogens with one attached hydrogen (secondary N) is 2. The molecule has 1 aliphatic heterocycles. The third-order valence-electron chi connectivity index (χ3n) is 3.33. The standard InChI is InChI=1S/C16H19ClN2O3S/c1-8(2)22-15(20)13-9(3)18-16(23)19-14(13)11-7-10(17)5-6-12(11)21-4/h5-8,14H,1-4H3,(H2,18,19,23)/t14-/m1/s1. The van der Waals surface area contributed by atoms with Crippen LogP contribution >= 0.6 is 23.8 Å². The Morgan fingerprint density at radius 2 is 2.09 bits per heavy atom. The number of esters is 1. The average Bonchev–Trinajstić information content (AvgIpc) is 2.45. The van der Waals surface area contributed by atoms with Crippen molar-refractivity contribution in [3.63, 3.8) is 0 Å². The molecule has 5 nitrogen and oxygen atoms in total. The van der Waals surface area contributed by atoms with Crippen molar-refractivity contribution in [2.75, 3.05) is 7.11 Å². The van der Waals surface area contributed by atoms with Crippen molar-refractivity contribution in [3.8, 4) is 5.75 Å². The quantitative estimate of drug-likeness (QED) is 0.640. The zero-order valence-corrected chi connectivity index (χ0v) is 15.0. The first-order chi connectivity index (χ1) is 10.8. The van der Waals surface area contributed by atoms with Gasteiger partial charge >= 0.3 is 5.97 Å². The molecule has 2 N–H and O–H groups in total. The van der Waals surface area contributed by atoms with Crippen LogP contribution in [0.4, 0.5) is 0 Å². The monoisotopic (exact) mass is 354 g/mol. The minimum Gasteiger partial charge on any atom is -0.496 e. The molecule has 23 heavy (non-hydrogen) atoms. The Bertz CT molecular complexity index is 673. The topological polar surface area (TPSA) is 59.6 Å². The van der Waals surface area contributed by atoms with E-state index in [4.69, 9.17) is 33.3 Å². The van der Waals surface area contributed by atoms with Crippen LogP contribution in [0.15, 0.2) is 29.5 Å². The number of rotatable bonds is 4. The first-order valence-corrected chi connectivity index (χ1v) is 7.94. The summed E-state index contributed by atoms with van der Waals surface area (Å²) in [6, 6.07) is 4.74. The van der Waals surface area contributed by atoms with E-state index in [0.29, 0.717) is 27.2 Å². The fourth-order valence-electron chi connectivity index (χ4n) is 2.41. The molecule has 7 heteroatoms. The summed E-state index contributed by atoms with van der Waals surface area (Å²) in [5, 5.41) is 7.02. The Morgan fingerprint density at radius 1 is 1.39 bits per heavy atom. The third-order valence-corrected chi connectivity index (χ3v) is 3.79. The molecule has 0 radical (unpaired) electrons. The molecule has 1 heterocycles. The van der Waals surface area contributed by atoms with Crippen molar-refractivity contribution in [2.24, 2.45) is 0 Å². The van der Waals surface area contributed by atoms with Crippen LogP contribution in [0, 0.1) is 0 Å². The molecule has 0 saturated heterocycles. The number of carbonyl (C=O) groups is 1. The molecular weight excluding hydrogens is 336 g/mol. The number of hydrogen-bond donors (Lipinski definition) is 2. The summed E-state index contributed by atoms with van der Waals surface area (Å²) in [5.41, 5.74) is 1.82. The molecule has 0 unspecified atom stereocenters. The molecule has 0 spiro atoms. The fraction of sp³-hybridized carbons (Fsp3) is 0.375. The average molecular weight is 355 g/mol. The largest absolute Gasteiger partial charge is 0.496 e. The van der Waals surface area contributed by atoms with Crippen LogP contribution in [0.2, 0.25) is 5.02 Å². The highest BCUT2D eigenvalue weighted by molar-refractivity contribution is 7.80. The van der Waals surface area contributed by atoms with Gasteiger partial charge in [0.05, 0.1) is 24.8 Å². The first kappa shape index (κ1) is 17.6. The Kier molecular flexibility index (Phi) is 5.49. The van der Waals surface area contributed by atoms with Crippen LogP contribution in [0.3, 0.4) is 0 Å². The predicted octanol–water partition coefficient (Wildman–Crippen LogP) is 3.09. The Labute approximate surface area is 146 Å². The van der Waals surface area contributed by atoms with Crippen molar-refractivity contribution in [3.05, 3.63) is 40.1 Å². The van der Waals surface area contributed by atoms with E-state index >= 15 is 0 Å². The number of benzene rings is 1. The molecule has 0 aliphatic carbocycles. The van der Waals surface area contributed by atoms with Gasteiger partial charge in [-0.25, -0.2) is 4.79 Å². The van der Waals surface area contributed by atoms with Gasteiger partial charge in [-0.05, 0) is 51.2 Å². The number of methoxy groups -OCH3 is 1. The molecule has 1 aromatic carbocycles. The van der Waals surface area contributed by atoms with Gasteiger partial charge in [-0.1, -0.05) is 11.6 Å². The van der Waals surface area contributed by atoms with Gasteiger partial charge in [0.1, 0.15) is 5.75 Å². The van der Waals surface area contributed by atoms with Crippen LogP contribution in [0.1, 0.15) is 32.4 Å². The van der Waals surface area contributed by atoms with Crippen molar-refractivity contribution in [2.45, 2.75) is 32.9 Å². The Hall–Kier alpha value is -1.79. The molecule has 1 aromatic rings. The molecule has 0 amide bonds. The normalized spacial score (nSPS) is 17.7. The van der Waals surface area contributed by atoms with E-state index in [1.807, 2.05) is 0 Å². The lowest BCUT2D eigenvalue weighted by atomic mass is 9.95. The molecular formula is C16H19ClN2O3S. The van der Waals surface area contributed by atoms with Gasteiger partial charge in [0.2, 0.25) is 0 Å². The van der Waals surface area contributed by atoms with Crippen molar-refractivity contribution < 1.29 is 14.3 Å². The highest BCUT2D eigenvalue weighted by atomic mass is 35.5. The predicted molar refractivity (Wildman–Crippen MR) is 93.5 cm³/mol. The summed E-state index contributed by atoms with van der Waals surface area (Å²) < 4.78 is 10.8. The maximum absolute atomic E-state index is 12.5. The molecule has 1 atom stereocenters. The lowest BCUT2D eigenvalue weighted by molar-refractivity contribution is -0.143. The molecule has 0 fully saturated rings. The number of thiocarbonyl (C=S) groups is 1. The molecule has 2 rings (SSSR count). The van der Waals surface area contributed by atoms with E-state index in [1.54, 1.807) is 46.1 Å². The van der Waals surface area contributed by atoms with Crippen LogP contribution in [0.25, 0.3) is 0 Å². The van der Waals surface area contributed by atoms with Gasteiger partial charge in [0.25, 0.3) is 0 Å². The summed E-state index contributed by atoms with van der Waals surface area (Å²) >= 11 is 11.3. The number of carbonyl (C=O) groups excluding carboxylic acids is 1. The van der Waals surface area contributed by atoms with Gasteiger partial charge in [-0.2, -0.15) is 0 Å². The van der Waals surface area contributed by atoms with Gasteiger partial charge in [0.15, 0.2) is 5.11 Å². The summed E-state index contributed by atoms with van der Waals surface area (Å²) in [6.45, 7) is 5.39. The fourth-order valence-corrected chi connectivity index (χ4v) is 2.86. The van der Waals surface area contributed by atoms with E-state index in [0.717, 1.165) is 5.56 Å². The van der Waals surface area contributed by atoms with Crippen molar-refractivity contribution >= 4 is 34.9 Å². The number of ether oxygens (including phenoxy) is 2. The molecule has 0 bridgehead atoms. The number of allylic oxidation sites excluding steroid dienone is 1. The van der Waals surface area contributed by atoms with Crippen molar-refractivity contribution in [1.82, 2.24) is 10.6 Å². The van der Waals surface area contributed by atoms with E-state index < -0.39 is 12.0 Å². The minimum atomic E-state index is -0.497. The van der Waals surface area contributed by atoms with Gasteiger partial charge in [-0.3, -0.25) is 0 Å². The SMILES string of the molecule is COc1ccc(Cl)cc1[C@H]1NC(=S)NC(C)=C1C(=O)OC(C)C. The van der Waals surface area contributed by atoms with Crippen LogP contribution in [-0.4, -0.2) is 24.3 Å². The van der Waals surface area contributed by atoms with E-state index in [2.05, 4.69) is 10.6 Å². The molecule has 0 aromatic heterocycles. The lowest BCUT2D eigenvalue weighted by Crippen LogP contribution is -2.45. The second kappa shape index (κ2) is 7.19. The first-order valence-electron chi connectivity index (χ1n) is 7.16. The molecule has 0 saturated carbocycles. The number of hydrogen-bond acceptors (Lipinski definition) is 4. The summed E-state index contributed by atoms with van der Waals surface area (Å²) in [5.74, 6) is 0.200. The van der Waals surface area contributed by atoms with Gasteiger partial charge < -0.3 is 20.1 Å². The zero-order chi connectivity index (χ0) is 17.1. The van der Waals surface area contributed by atoms with E-state index in [1.165, 1.54) is 0 Å². The van der Waals surface area contributed by atoms with Crippen molar-refractivity contribution in [1.29, 1.82) is 0 Å². The summed E-state index contributed by atoms with van der Waals surface area (Å²) in [4.78, 5) is 12.5. The maximum Gasteiger partial charge on any atom is 0.338 e. The van der Waals surface area contributed by atoms with Crippen LogP contribution < -0.4 is 15.4 Å². The smallest absolute Gasteiger partial charge is 0.338 e. The minimum absolute atomic E-state index is 0.224. The highest BCUT2D eigenvalue weighted by Gasteiger charge is 2.33. The van der Waals surface area contributed by atoms with Crippen LogP contribution in [0.5, 0.6) is 5.75 Å². The zero-order valence-electron chi connectivity index (χ0n) is 13.4. The molecule has 1 aliphatic rings. The lowest BCUT2D eigenvalue weighted by Gasteiger charge is -2.31. The van der Waals surface area contributed by atoms with Crippen LogP contribution in [-0.2, 0) is 9.53 Å². The Morgan fingerprint density at radius 3 is 2.70 bits per heavy atom. The summed E-state index contributed by atoms with van der Waals surface area (Å²) in [6.07, 6.45) is -0.224. The highest BCUT2D eigenvalue weighted by Crippen LogP contribution is 2.35. The van der Waals surface area contributed by atoms with Gasteiger partial charge in [0, 0.05) is 16.3 Å². The van der Waals surface area contributed by atoms with Gasteiger partial charge in [-0.15, -0.1) is 0 Å². The number of halogens is 1. The second-order valence-electron chi connectivity index (χ2n) is 5.41. The van der Waals surface area contributed by atoms with E-state index in [-0.39, 0.29) is 6.10 Å².